The molecule has 2 amide bonds. The highest BCUT2D eigenvalue weighted by molar-refractivity contribution is 6.32. The topological polar surface area (TPSA) is 67.4 Å². The molecule has 0 aliphatic carbocycles. The van der Waals surface area contributed by atoms with Crippen molar-refractivity contribution in [1.29, 1.82) is 0 Å². The number of amides is 2. The molecule has 0 aromatic heterocycles. The molecule has 0 saturated carbocycles. The molecular formula is C20H23ClN2O3. The molecule has 138 valence electrons. The van der Waals surface area contributed by atoms with E-state index in [1.807, 2.05) is 20.8 Å². The lowest BCUT2D eigenvalue weighted by molar-refractivity contribution is 0.0940. The minimum absolute atomic E-state index is 0.0520. The Hall–Kier alpha value is -2.53. The van der Waals surface area contributed by atoms with Gasteiger partial charge in [0.2, 0.25) is 0 Å². The van der Waals surface area contributed by atoms with Gasteiger partial charge in [0, 0.05) is 11.6 Å². The smallest absolute Gasteiger partial charge is 0.255 e. The van der Waals surface area contributed by atoms with Crippen molar-refractivity contribution in [3.63, 3.8) is 0 Å². The number of carbonyl (C=O) groups is 2. The maximum Gasteiger partial charge on any atom is 0.255 e. The zero-order valence-electron chi connectivity index (χ0n) is 15.1. The molecule has 0 heterocycles. The normalized spacial score (nSPS) is 11.5. The van der Waals surface area contributed by atoms with Gasteiger partial charge in [0.1, 0.15) is 5.75 Å². The molecule has 0 saturated heterocycles. The molecule has 1 atom stereocenters. The fraction of sp³-hybridized carbons (Fsp3) is 0.300. The quantitative estimate of drug-likeness (QED) is 0.748. The molecule has 6 heteroatoms. The Kier molecular flexibility index (Phi) is 7.04. The van der Waals surface area contributed by atoms with Crippen molar-refractivity contribution in [2.75, 3.05) is 11.9 Å². The summed E-state index contributed by atoms with van der Waals surface area (Å²) < 4.78 is 5.37. The van der Waals surface area contributed by atoms with Crippen molar-refractivity contribution in [3.8, 4) is 5.75 Å². The van der Waals surface area contributed by atoms with Crippen LogP contribution in [0.25, 0.3) is 0 Å². The largest absolute Gasteiger partial charge is 0.492 e. The van der Waals surface area contributed by atoms with Crippen LogP contribution in [-0.4, -0.2) is 24.5 Å². The monoisotopic (exact) mass is 374 g/mol. The Bertz CT molecular complexity index is 792. The first-order valence-corrected chi connectivity index (χ1v) is 8.97. The lowest BCUT2D eigenvalue weighted by atomic mass is 10.1. The highest BCUT2D eigenvalue weighted by Crippen LogP contribution is 2.26. The third-order valence-electron chi connectivity index (χ3n) is 3.90. The first kappa shape index (κ1) is 19.8. The third-order valence-corrected chi connectivity index (χ3v) is 4.20. The molecule has 2 aromatic rings. The fourth-order valence-corrected chi connectivity index (χ4v) is 2.54. The summed E-state index contributed by atoms with van der Waals surface area (Å²) in [4.78, 5) is 25.0. The van der Waals surface area contributed by atoms with E-state index in [0.29, 0.717) is 34.2 Å². The number of hydrogen-bond donors (Lipinski definition) is 2. The lowest BCUT2D eigenvalue weighted by Gasteiger charge is -2.15. The summed E-state index contributed by atoms with van der Waals surface area (Å²) in [6.45, 7) is 6.28. The minimum atomic E-state index is -0.348. The second-order valence-electron chi connectivity index (χ2n) is 5.86. The molecule has 0 aliphatic heterocycles. The minimum Gasteiger partial charge on any atom is -0.492 e. The molecule has 2 aromatic carbocycles. The number of hydrogen-bond acceptors (Lipinski definition) is 3. The first-order valence-electron chi connectivity index (χ1n) is 8.59. The molecule has 26 heavy (non-hydrogen) atoms. The molecule has 0 bridgehead atoms. The number of anilines is 1. The van der Waals surface area contributed by atoms with E-state index >= 15 is 0 Å². The van der Waals surface area contributed by atoms with Crippen molar-refractivity contribution in [1.82, 2.24) is 5.32 Å². The SMILES string of the molecule is CCOc1ccc(C(=O)Nc2ccccc2C(=O)N[C@H](C)CC)cc1Cl. The van der Waals surface area contributed by atoms with Gasteiger partial charge < -0.3 is 15.4 Å². The van der Waals surface area contributed by atoms with Crippen LogP contribution in [0.1, 0.15) is 47.9 Å². The zero-order chi connectivity index (χ0) is 19.1. The highest BCUT2D eigenvalue weighted by Gasteiger charge is 2.16. The summed E-state index contributed by atoms with van der Waals surface area (Å²) in [5.41, 5.74) is 1.25. The molecule has 0 aliphatic rings. The van der Waals surface area contributed by atoms with Crippen LogP contribution >= 0.6 is 11.6 Å². The summed E-state index contributed by atoms with van der Waals surface area (Å²) in [6, 6.07) is 11.8. The summed E-state index contributed by atoms with van der Waals surface area (Å²) in [6.07, 6.45) is 0.824. The maximum atomic E-state index is 12.5. The number of ether oxygens (including phenoxy) is 1. The van der Waals surface area contributed by atoms with Crippen LogP contribution in [0, 0.1) is 0 Å². The van der Waals surface area contributed by atoms with Crippen molar-refractivity contribution in [3.05, 3.63) is 58.6 Å². The van der Waals surface area contributed by atoms with Crippen LogP contribution in [0.3, 0.4) is 0 Å². The second kappa shape index (κ2) is 9.25. The Labute approximate surface area is 158 Å². The van der Waals surface area contributed by atoms with Gasteiger partial charge in [-0.15, -0.1) is 0 Å². The molecule has 2 rings (SSSR count). The molecule has 5 nitrogen and oxygen atoms in total. The molecule has 0 spiro atoms. The summed E-state index contributed by atoms with van der Waals surface area (Å²) in [7, 11) is 0. The standard InChI is InChI=1S/C20H23ClN2O3/c1-4-13(3)22-20(25)15-8-6-7-9-17(15)23-19(24)14-10-11-18(26-5-2)16(21)12-14/h6-13H,4-5H2,1-3H3,(H,22,25)(H,23,24)/t13-/m1/s1. The van der Waals surface area contributed by atoms with E-state index in [2.05, 4.69) is 10.6 Å². The van der Waals surface area contributed by atoms with E-state index in [4.69, 9.17) is 16.3 Å². The van der Waals surface area contributed by atoms with Gasteiger partial charge in [-0.3, -0.25) is 9.59 Å². The van der Waals surface area contributed by atoms with E-state index in [-0.39, 0.29) is 17.9 Å². The van der Waals surface area contributed by atoms with Gasteiger partial charge in [0.05, 0.1) is 22.9 Å². The molecule has 0 unspecified atom stereocenters. The van der Waals surface area contributed by atoms with E-state index in [1.54, 1.807) is 42.5 Å². The van der Waals surface area contributed by atoms with Gasteiger partial charge in [-0.1, -0.05) is 30.7 Å². The number of rotatable bonds is 7. The summed E-state index contributed by atoms with van der Waals surface area (Å²) >= 11 is 6.14. The Morgan fingerprint density at radius 1 is 1.12 bits per heavy atom. The Morgan fingerprint density at radius 2 is 1.85 bits per heavy atom. The summed E-state index contributed by atoms with van der Waals surface area (Å²) in [5.74, 6) is -0.0437. The molecule has 0 radical (unpaired) electrons. The van der Waals surface area contributed by atoms with Crippen LogP contribution in [0.4, 0.5) is 5.69 Å². The van der Waals surface area contributed by atoms with Gasteiger partial charge in [0.15, 0.2) is 0 Å². The van der Waals surface area contributed by atoms with Gasteiger partial charge in [-0.2, -0.15) is 0 Å². The van der Waals surface area contributed by atoms with E-state index in [9.17, 15) is 9.59 Å². The van der Waals surface area contributed by atoms with Crippen LogP contribution in [-0.2, 0) is 0 Å². The molecule has 0 fully saturated rings. The zero-order valence-corrected chi connectivity index (χ0v) is 15.9. The van der Waals surface area contributed by atoms with E-state index in [0.717, 1.165) is 6.42 Å². The van der Waals surface area contributed by atoms with Gasteiger partial charge in [0.25, 0.3) is 11.8 Å². The van der Waals surface area contributed by atoms with Crippen molar-refractivity contribution in [2.24, 2.45) is 0 Å². The van der Waals surface area contributed by atoms with Crippen molar-refractivity contribution >= 4 is 29.1 Å². The third kappa shape index (κ3) is 4.99. The average Bonchev–Trinajstić information content (AvgIpc) is 2.63. The lowest BCUT2D eigenvalue weighted by Crippen LogP contribution is -2.32. The number of carbonyl (C=O) groups excluding carboxylic acids is 2. The van der Waals surface area contributed by atoms with Gasteiger partial charge in [-0.25, -0.2) is 0 Å². The van der Waals surface area contributed by atoms with E-state index in [1.165, 1.54) is 0 Å². The summed E-state index contributed by atoms with van der Waals surface area (Å²) in [5, 5.41) is 6.04. The Balaban J connectivity index is 2.19. The maximum absolute atomic E-state index is 12.5. The van der Waals surface area contributed by atoms with Gasteiger partial charge in [-0.05, 0) is 50.6 Å². The molecule has 2 N–H and O–H groups in total. The van der Waals surface area contributed by atoms with E-state index < -0.39 is 0 Å². The number of halogens is 1. The van der Waals surface area contributed by atoms with Crippen LogP contribution < -0.4 is 15.4 Å². The predicted octanol–water partition coefficient (Wildman–Crippen LogP) is 4.52. The predicted molar refractivity (Wildman–Crippen MR) is 104 cm³/mol. The fourth-order valence-electron chi connectivity index (χ4n) is 2.30. The van der Waals surface area contributed by atoms with Crippen molar-refractivity contribution in [2.45, 2.75) is 33.2 Å². The highest BCUT2D eigenvalue weighted by atomic mass is 35.5. The van der Waals surface area contributed by atoms with Gasteiger partial charge >= 0.3 is 0 Å². The van der Waals surface area contributed by atoms with Crippen LogP contribution in [0.2, 0.25) is 5.02 Å². The van der Waals surface area contributed by atoms with Crippen molar-refractivity contribution < 1.29 is 14.3 Å². The first-order chi connectivity index (χ1) is 12.5. The van der Waals surface area contributed by atoms with Crippen LogP contribution in [0.5, 0.6) is 5.75 Å². The molecular weight excluding hydrogens is 352 g/mol. The second-order valence-corrected chi connectivity index (χ2v) is 6.27. The number of benzene rings is 2. The number of para-hydroxylation sites is 1. The number of nitrogens with one attached hydrogen (secondary N) is 2. The average molecular weight is 375 g/mol. The van der Waals surface area contributed by atoms with Crippen LogP contribution in [0.15, 0.2) is 42.5 Å². The Morgan fingerprint density at radius 3 is 2.50 bits per heavy atom.